The Morgan fingerprint density at radius 2 is 1.95 bits per heavy atom. The summed E-state index contributed by atoms with van der Waals surface area (Å²) in [4.78, 5) is 12.4. The molecule has 1 aliphatic carbocycles. The number of aromatic hydroxyl groups is 2. The molecule has 0 bridgehead atoms. The number of nitrogens with two attached hydrogens (primary N) is 1. The molecule has 1 aromatic carbocycles. The van der Waals surface area contributed by atoms with E-state index >= 15 is 0 Å². The van der Waals surface area contributed by atoms with Gasteiger partial charge in [-0.2, -0.15) is 0 Å². The van der Waals surface area contributed by atoms with E-state index < -0.39 is 11.4 Å². The Morgan fingerprint density at radius 1 is 1.32 bits per heavy atom. The highest BCUT2D eigenvalue weighted by atomic mass is 32.1. The van der Waals surface area contributed by atoms with Gasteiger partial charge < -0.3 is 21.3 Å². The van der Waals surface area contributed by atoms with Crippen LogP contribution in [0.2, 0.25) is 0 Å². The molecule has 1 aromatic rings. The topological polar surface area (TPSA) is 95.6 Å². The van der Waals surface area contributed by atoms with E-state index in [9.17, 15) is 15.0 Å². The van der Waals surface area contributed by atoms with E-state index in [2.05, 4.69) is 5.32 Å². The summed E-state index contributed by atoms with van der Waals surface area (Å²) in [7, 11) is 0. The fourth-order valence-corrected chi connectivity index (χ4v) is 2.66. The van der Waals surface area contributed by atoms with Crippen LogP contribution < -0.4 is 11.1 Å². The van der Waals surface area contributed by atoms with Gasteiger partial charge in [0.2, 0.25) is 0 Å². The smallest absolute Gasteiger partial charge is 0.255 e. The Kier molecular flexibility index (Phi) is 3.61. The largest absolute Gasteiger partial charge is 0.508 e. The minimum absolute atomic E-state index is 0.0162. The van der Waals surface area contributed by atoms with E-state index in [1.165, 1.54) is 18.2 Å². The molecule has 2 rings (SSSR count). The minimum atomic E-state index is -0.676. The van der Waals surface area contributed by atoms with Crippen LogP contribution in [0.15, 0.2) is 18.2 Å². The van der Waals surface area contributed by atoms with Crippen molar-refractivity contribution in [3.8, 4) is 11.5 Å². The van der Waals surface area contributed by atoms with Crippen LogP contribution in [0.25, 0.3) is 0 Å². The predicted octanol–water partition coefficient (Wildman–Crippen LogP) is 1.43. The average molecular weight is 280 g/mol. The molecule has 0 aromatic heterocycles. The van der Waals surface area contributed by atoms with Crippen molar-refractivity contribution in [1.29, 1.82) is 0 Å². The van der Waals surface area contributed by atoms with E-state index in [0.717, 1.165) is 12.8 Å². The van der Waals surface area contributed by atoms with Gasteiger partial charge in [-0.05, 0) is 31.0 Å². The quantitative estimate of drug-likeness (QED) is 0.496. The summed E-state index contributed by atoms with van der Waals surface area (Å²) in [5.74, 6) is -0.756. The van der Waals surface area contributed by atoms with E-state index in [1.807, 2.05) is 0 Å². The monoisotopic (exact) mass is 280 g/mol. The molecule has 102 valence electrons. The highest BCUT2D eigenvalue weighted by Gasteiger charge is 2.38. The summed E-state index contributed by atoms with van der Waals surface area (Å²) in [5.41, 5.74) is 5.07. The second-order valence-corrected chi connectivity index (χ2v) is 5.25. The molecular formula is C13H16N2O3S. The van der Waals surface area contributed by atoms with Gasteiger partial charge in [0.1, 0.15) is 11.5 Å². The van der Waals surface area contributed by atoms with Crippen LogP contribution >= 0.6 is 12.2 Å². The lowest BCUT2D eigenvalue weighted by molar-refractivity contribution is 0.0921. The van der Waals surface area contributed by atoms with Crippen molar-refractivity contribution in [1.82, 2.24) is 5.32 Å². The summed E-state index contributed by atoms with van der Waals surface area (Å²) in [6.07, 6.45) is 3.30. The molecule has 0 heterocycles. The van der Waals surface area contributed by atoms with Crippen LogP contribution in [0, 0.1) is 0 Å². The number of hydrogen-bond donors (Lipinski definition) is 4. The molecule has 1 amide bonds. The molecule has 0 atom stereocenters. The van der Waals surface area contributed by atoms with Crippen LogP contribution in [-0.4, -0.2) is 26.6 Å². The van der Waals surface area contributed by atoms with Gasteiger partial charge >= 0.3 is 0 Å². The first-order valence-electron chi connectivity index (χ1n) is 6.09. The lowest BCUT2D eigenvalue weighted by Gasteiger charge is -2.29. The molecule has 19 heavy (non-hydrogen) atoms. The third kappa shape index (κ3) is 2.63. The molecule has 0 spiro atoms. The van der Waals surface area contributed by atoms with Gasteiger partial charge in [-0.3, -0.25) is 4.79 Å². The average Bonchev–Trinajstić information content (AvgIpc) is 2.82. The fourth-order valence-electron chi connectivity index (χ4n) is 2.40. The molecule has 0 saturated heterocycles. The van der Waals surface area contributed by atoms with Crippen molar-refractivity contribution in [3.05, 3.63) is 23.8 Å². The predicted molar refractivity (Wildman–Crippen MR) is 75.2 cm³/mol. The van der Waals surface area contributed by atoms with Crippen LogP contribution in [0.3, 0.4) is 0 Å². The van der Waals surface area contributed by atoms with Gasteiger partial charge in [0.25, 0.3) is 5.91 Å². The number of carbonyl (C=O) groups excluding carboxylic acids is 1. The number of benzene rings is 1. The summed E-state index contributed by atoms with van der Waals surface area (Å²) < 4.78 is 0. The van der Waals surface area contributed by atoms with Crippen molar-refractivity contribution < 1.29 is 15.0 Å². The SMILES string of the molecule is NC(=S)C1(NC(=O)c2cc(O)ccc2O)CCCC1. The molecule has 0 aliphatic heterocycles. The number of thiocarbonyl (C=S) groups is 1. The number of phenols is 2. The first kappa shape index (κ1) is 13.6. The van der Waals surface area contributed by atoms with Crippen molar-refractivity contribution in [3.63, 3.8) is 0 Å². The lowest BCUT2D eigenvalue weighted by atomic mass is 9.97. The van der Waals surface area contributed by atoms with Gasteiger partial charge in [-0.15, -0.1) is 0 Å². The van der Waals surface area contributed by atoms with Crippen LogP contribution in [0.1, 0.15) is 36.0 Å². The molecule has 5 nitrogen and oxygen atoms in total. The highest BCUT2D eigenvalue weighted by molar-refractivity contribution is 7.80. The Balaban J connectivity index is 2.25. The molecule has 0 radical (unpaired) electrons. The Morgan fingerprint density at radius 3 is 2.53 bits per heavy atom. The second kappa shape index (κ2) is 5.05. The third-order valence-corrected chi connectivity index (χ3v) is 3.90. The van der Waals surface area contributed by atoms with Crippen molar-refractivity contribution in [2.45, 2.75) is 31.2 Å². The van der Waals surface area contributed by atoms with Crippen molar-refractivity contribution in [2.24, 2.45) is 5.73 Å². The van der Waals surface area contributed by atoms with Crippen LogP contribution in [0.4, 0.5) is 0 Å². The normalized spacial score (nSPS) is 17.1. The van der Waals surface area contributed by atoms with E-state index in [0.29, 0.717) is 12.8 Å². The van der Waals surface area contributed by atoms with Crippen LogP contribution in [-0.2, 0) is 0 Å². The number of nitrogens with one attached hydrogen (secondary N) is 1. The Labute approximate surface area is 116 Å². The maximum Gasteiger partial charge on any atom is 0.255 e. The van der Waals surface area contributed by atoms with Gasteiger partial charge in [0, 0.05) is 0 Å². The summed E-state index contributed by atoms with van der Waals surface area (Å²) in [5, 5.41) is 21.8. The number of phenolic OH excluding ortho intramolecular Hbond substituents is 2. The summed E-state index contributed by atoms with van der Waals surface area (Å²) in [6.45, 7) is 0. The first-order chi connectivity index (χ1) is 8.94. The molecular weight excluding hydrogens is 264 g/mol. The fraction of sp³-hybridized carbons (Fsp3) is 0.385. The minimum Gasteiger partial charge on any atom is -0.508 e. The Hall–Kier alpha value is -1.82. The maximum atomic E-state index is 12.2. The summed E-state index contributed by atoms with van der Waals surface area (Å²) in [6, 6.07) is 3.80. The van der Waals surface area contributed by atoms with Gasteiger partial charge in [-0.25, -0.2) is 0 Å². The van der Waals surface area contributed by atoms with E-state index in [-0.39, 0.29) is 22.1 Å². The number of rotatable bonds is 3. The van der Waals surface area contributed by atoms with Crippen LogP contribution in [0.5, 0.6) is 11.5 Å². The molecule has 1 aliphatic rings. The maximum absolute atomic E-state index is 12.2. The van der Waals surface area contributed by atoms with Gasteiger partial charge in [0.15, 0.2) is 0 Å². The van der Waals surface area contributed by atoms with E-state index in [4.69, 9.17) is 18.0 Å². The molecule has 6 heteroatoms. The number of amides is 1. The number of carbonyl (C=O) groups is 1. The van der Waals surface area contributed by atoms with Crippen molar-refractivity contribution >= 4 is 23.1 Å². The van der Waals surface area contributed by atoms with Gasteiger partial charge in [-0.1, -0.05) is 25.1 Å². The van der Waals surface area contributed by atoms with E-state index in [1.54, 1.807) is 0 Å². The molecule has 0 unspecified atom stereocenters. The Bertz CT molecular complexity index is 525. The summed E-state index contributed by atoms with van der Waals surface area (Å²) >= 11 is 5.05. The molecule has 1 saturated carbocycles. The zero-order valence-electron chi connectivity index (χ0n) is 10.3. The lowest BCUT2D eigenvalue weighted by Crippen LogP contribution is -2.54. The zero-order valence-corrected chi connectivity index (χ0v) is 11.2. The zero-order chi connectivity index (χ0) is 14.0. The molecule has 1 fully saturated rings. The first-order valence-corrected chi connectivity index (χ1v) is 6.50. The second-order valence-electron chi connectivity index (χ2n) is 4.81. The van der Waals surface area contributed by atoms with Gasteiger partial charge in [0.05, 0.1) is 16.1 Å². The highest BCUT2D eigenvalue weighted by Crippen LogP contribution is 2.31. The third-order valence-electron chi connectivity index (χ3n) is 3.51. The van der Waals surface area contributed by atoms with Crippen molar-refractivity contribution in [2.75, 3.05) is 0 Å². The molecule has 5 N–H and O–H groups in total. The number of hydrogen-bond acceptors (Lipinski definition) is 4. The standard InChI is InChI=1S/C13H16N2O3S/c14-12(19)13(5-1-2-6-13)15-11(18)9-7-8(16)3-4-10(9)17/h3-4,7,16-17H,1-2,5-6H2,(H2,14,19)(H,15,18).